The van der Waals surface area contributed by atoms with Gasteiger partial charge in [-0.05, 0) is 43.4 Å². The van der Waals surface area contributed by atoms with Gasteiger partial charge in [-0.3, -0.25) is 4.68 Å². The molecule has 0 bridgehead atoms. The maximum atomic E-state index is 6.09. The van der Waals surface area contributed by atoms with Gasteiger partial charge >= 0.3 is 0 Å². The molecule has 0 aromatic carbocycles. The Hall–Kier alpha value is -0.690. The zero-order valence-corrected chi connectivity index (χ0v) is 13.0. The lowest BCUT2D eigenvalue weighted by atomic mass is 10.2. The van der Waals surface area contributed by atoms with Crippen LogP contribution in [0.1, 0.15) is 17.1 Å². The minimum absolute atomic E-state index is 0.496. The maximum absolute atomic E-state index is 6.09. The fourth-order valence-corrected chi connectivity index (χ4v) is 2.19. The molecule has 2 rings (SSSR count). The summed E-state index contributed by atoms with van der Waals surface area (Å²) >= 11 is 8.24. The van der Waals surface area contributed by atoms with Crippen LogP contribution in [0.2, 0.25) is 5.15 Å². The van der Waals surface area contributed by atoms with Crippen LogP contribution < -0.4 is 0 Å². The zero-order chi connectivity index (χ0) is 12.7. The molecule has 90 valence electrons. The van der Waals surface area contributed by atoms with Crippen molar-refractivity contribution in [2.45, 2.75) is 20.8 Å². The lowest BCUT2D eigenvalue weighted by Gasteiger charge is -2.05. The fourth-order valence-electron chi connectivity index (χ4n) is 1.73. The Morgan fingerprint density at radius 3 is 2.24 bits per heavy atom. The molecule has 0 fully saturated rings. The number of halogens is 2. The van der Waals surface area contributed by atoms with Crippen LogP contribution in [0.4, 0.5) is 0 Å². The monoisotopic (exact) mass is 362 g/mol. The van der Waals surface area contributed by atoms with Crippen molar-refractivity contribution in [3.05, 3.63) is 25.8 Å². The summed E-state index contributed by atoms with van der Waals surface area (Å²) < 4.78 is 2.72. The summed E-state index contributed by atoms with van der Waals surface area (Å²) in [5.41, 5.74) is 3.82. The van der Waals surface area contributed by atoms with Crippen molar-refractivity contribution in [3.63, 3.8) is 0 Å². The van der Waals surface area contributed by atoms with Crippen LogP contribution in [0, 0.1) is 24.3 Å². The van der Waals surface area contributed by atoms with E-state index in [1.165, 1.54) is 0 Å². The van der Waals surface area contributed by atoms with Gasteiger partial charge in [0, 0.05) is 12.7 Å². The maximum Gasteiger partial charge on any atom is 0.164 e. The van der Waals surface area contributed by atoms with E-state index in [1.807, 2.05) is 32.5 Å². The van der Waals surface area contributed by atoms with E-state index in [9.17, 15) is 0 Å². The Morgan fingerprint density at radius 1 is 1.12 bits per heavy atom. The quantitative estimate of drug-likeness (QED) is 0.578. The first kappa shape index (κ1) is 12.8. The third-order valence-electron chi connectivity index (χ3n) is 2.71. The van der Waals surface area contributed by atoms with Crippen molar-refractivity contribution < 1.29 is 0 Å². The molecule has 17 heavy (non-hydrogen) atoms. The van der Waals surface area contributed by atoms with Gasteiger partial charge in [0.25, 0.3) is 0 Å². The molecular formula is C11H12ClIN4. The van der Waals surface area contributed by atoms with E-state index >= 15 is 0 Å². The predicted octanol–water partition coefficient (Wildman–Crippen LogP) is 3.06. The molecule has 0 saturated heterocycles. The van der Waals surface area contributed by atoms with Crippen LogP contribution in [0.3, 0.4) is 0 Å². The van der Waals surface area contributed by atoms with Crippen molar-refractivity contribution in [3.8, 4) is 11.4 Å². The van der Waals surface area contributed by atoms with Gasteiger partial charge in [0.2, 0.25) is 0 Å². The number of aromatic nitrogens is 4. The number of nitrogens with zero attached hydrogens (tertiary/aromatic N) is 4. The fraction of sp³-hybridized carbons (Fsp3) is 0.364. The summed E-state index contributed by atoms with van der Waals surface area (Å²) in [7, 11) is 1.91. The highest BCUT2D eigenvalue weighted by Crippen LogP contribution is 2.27. The summed E-state index contributed by atoms with van der Waals surface area (Å²) in [6, 6.07) is 0. The third kappa shape index (κ3) is 2.18. The van der Waals surface area contributed by atoms with Gasteiger partial charge in [-0.2, -0.15) is 5.10 Å². The Morgan fingerprint density at radius 2 is 1.76 bits per heavy atom. The second kappa shape index (κ2) is 4.53. The minimum Gasteiger partial charge on any atom is -0.272 e. The molecule has 0 aliphatic carbocycles. The Balaban J connectivity index is 2.69. The Bertz CT molecular complexity index is 568. The lowest BCUT2D eigenvalue weighted by Crippen LogP contribution is -1.98. The van der Waals surface area contributed by atoms with Gasteiger partial charge in [-0.1, -0.05) is 11.6 Å². The lowest BCUT2D eigenvalue weighted by molar-refractivity contribution is 0.731. The molecule has 4 nitrogen and oxygen atoms in total. The van der Waals surface area contributed by atoms with Crippen molar-refractivity contribution in [2.24, 2.45) is 7.05 Å². The molecule has 0 N–H and O–H groups in total. The number of hydrogen-bond donors (Lipinski definition) is 0. The number of rotatable bonds is 1. The van der Waals surface area contributed by atoms with Gasteiger partial charge in [0.15, 0.2) is 5.82 Å². The largest absolute Gasteiger partial charge is 0.272 e. The highest BCUT2D eigenvalue weighted by atomic mass is 127. The second-order valence-corrected chi connectivity index (χ2v) is 5.34. The predicted molar refractivity (Wildman–Crippen MR) is 76.2 cm³/mol. The van der Waals surface area contributed by atoms with E-state index < -0.39 is 0 Å². The van der Waals surface area contributed by atoms with E-state index in [0.29, 0.717) is 11.0 Å². The van der Waals surface area contributed by atoms with Crippen molar-refractivity contribution in [1.29, 1.82) is 0 Å². The second-order valence-electron chi connectivity index (χ2n) is 3.91. The Labute approximate surface area is 119 Å². The third-order valence-corrected chi connectivity index (χ3v) is 4.59. The highest BCUT2D eigenvalue weighted by molar-refractivity contribution is 14.1. The van der Waals surface area contributed by atoms with Crippen LogP contribution in [0.15, 0.2) is 0 Å². The summed E-state index contributed by atoms with van der Waals surface area (Å²) in [5, 5.41) is 4.86. The zero-order valence-electron chi connectivity index (χ0n) is 10.0. The van der Waals surface area contributed by atoms with Gasteiger partial charge < -0.3 is 0 Å². The average molecular weight is 363 g/mol. The summed E-state index contributed by atoms with van der Waals surface area (Å²) in [6.07, 6.45) is 0. The van der Waals surface area contributed by atoms with Gasteiger partial charge in [0.05, 0.1) is 20.5 Å². The van der Waals surface area contributed by atoms with Crippen LogP contribution >= 0.6 is 34.2 Å². The molecule has 0 amide bonds. The Kier molecular flexibility index (Phi) is 3.40. The van der Waals surface area contributed by atoms with Crippen LogP contribution in [-0.2, 0) is 7.05 Å². The first-order valence-electron chi connectivity index (χ1n) is 5.12. The molecule has 6 heteroatoms. The topological polar surface area (TPSA) is 43.6 Å². The number of hydrogen-bond acceptors (Lipinski definition) is 3. The van der Waals surface area contributed by atoms with Crippen molar-refractivity contribution in [2.75, 3.05) is 0 Å². The summed E-state index contributed by atoms with van der Waals surface area (Å²) in [4.78, 5) is 8.81. The van der Waals surface area contributed by atoms with E-state index in [4.69, 9.17) is 11.6 Å². The van der Waals surface area contributed by atoms with Crippen molar-refractivity contribution in [1.82, 2.24) is 19.7 Å². The minimum atomic E-state index is 0.496. The molecule has 0 saturated carbocycles. The normalized spacial score (nSPS) is 10.9. The smallest absolute Gasteiger partial charge is 0.164 e. The van der Waals surface area contributed by atoms with Gasteiger partial charge in [-0.25, -0.2) is 9.97 Å². The van der Waals surface area contributed by atoms with Gasteiger partial charge in [-0.15, -0.1) is 0 Å². The standard InChI is InChI=1S/C11H12ClIN4/c1-5-8(7(3)17(4)16-5)11-14-6(2)9(13)10(12)15-11/h1-4H3. The molecule has 2 heterocycles. The molecule has 0 radical (unpaired) electrons. The molecule has 2 aromatic heterocycles. The molecule has 0 aliphatic rings. The van der Waals surface area contributed by atoms with Crippen LogP contribution in [-0.4, -0.2) is 19.7 Å². The van der Waals surface area contributed by atoms with E-state index in [-0.39, 0.29) is 0 Å². The van der Waals surface area contributed by atoms with Crippen molar-refractivity contribution >= 4 is 34.2 Å². The molecule has 0 aliphatic heterocycles. The van der Waals surface area contributed by atoms with Crippen LogP contribution in [0.5, 0.6) is 0 Å². The molecular weight excluding hydrogens is 351 g/mol. The van der Waals surface area contributed by atoms with Crippen LogP contribution in [0.25, 0.3) is 11.4 Å². The van der Waals surface area contributed by atoms with E-state index in [1.54, 1.807) is 0 Å². The molecule has 0 unspecified atom stereocenters. The average Bonchev–Trinajstić information content (AvgIpc) is 2.49. The summed E-state index contributed by atoms with van der Waals surface area (Å²) in [5.74, 6) is 0.649. The van der Waals surface area contributed by atoms with Gasteiger partial charge in [0.1, 0.15) is 5.15 Å². The highest BCUT2D eigenvalue weighted by Gasteiger charge is 2.16. The molecule has 0 atom stereocenters. The first-order valence-corrected chi connectivity index (χ1v) is 6.57. The SMILES string of the molecule is Cc1nc(-c2c(C)nn(C)c2C)nc(Cl)c1I. The number of aryl methyl sites for hydroxylation is 3. The molecule has 2 aromatic rings. The summed E-state index contributed by atoms with van der Waals surface area (Å²) in [6.45, 7) is 5.88. The first-order chi connectivity index (χ1) is 7.91. The molecule has 0 spiro atoms. The van der Waals surface area contributed by atoms with E-state index in [2.05, 4.69) is 37.7 Å². The van der Waals surface area contributed by atoms with E-state index in [0.717, 1.165) is 26.2 Å².